The SMILES string of the molecule is CNC(=O)COc1cc2cc(Nc3nc(N4CCC(C(=O)Nc5ccc6c(c5)CN(C5CCC(=O)NC5=O)C6=O)CC4)ncc3Cl)ccc2n(C)c1=O. The Balaban J connectivity index is 0.972. The number of carbonyl (C=O) groups is 5. The number of rotatable bonds is 9. The molecule has 0 spiro atoms. The number of hydrogen-bond acceptors (Lipinski definition) is 11. The van der Waals surface area contributed by atoms with Crippen molar-refractivity contribution in [2.45, 2.75) is 38.3 Å². The van der Waals surface area contributed by atoms with E-state index in [-0.39, 0.29) is 66.8 Å². The van der Waals surface area contributed by atoms with Gasteiger partial charge in [-0.3, -0.25) is 34.1 Å². The fourth-order valence-electron chi connectivity index (χ4n) is 6.82. The summed E-state index contributed by atoms with van der Waals surface area (Å²) in [6.07, 6.45) is 3.08. The summed E-state index contributed by atoms with van der Waals surface area (Å²) in [4.78, 5) is 87.3. The topological polar surface area (TPSA) is 197 Å². The first-order valence-electron chi connectivity index (χ1n) is 17.1. The molecule has 17 heteroatoms. The van der Waals surface area contributed by atoms with E-state index < -0.39 is 11.9 Å². The molecule has 3 aliphatic heterocycles. The fraction of sp³-hybridized carbons (Fsp3) is 0.333. The number of benzene rings is 2. The maximum absolute atomic E-state index is 13.3. The minimum atomic E-state index is -0.708. The van der Waals surface area contributed by atoms with Crippen molar-refractivity contribution in [1.82, 2.24) is 30.1 Å². The largest absolute Gasteiger partial charge is 0.478 e. The highest BCUT2D eigenvalue weighted by Gasteiger charge is 2.39. The Kier molecular flexibility index (Phi) is 9.70. The molecule has 5 amide bonds. The third kappa shape index (κ3) is 7.22. The van der Waals surface area contributed by atoms with Crippen LogP contribution in [0.4, 0.5) is 23.1 Å². The second-order valence-electron chi connectivity index (χ2n) is 13.1. The van der Waals surface area contributed by atoms with Gasteiger partial charge in [0.05, 0.1) is 11.7 Å². The number of imide groups is 1. The van der Waals surface area contributed by atoms with Crippen LogP contribution in [0.3, 0.4) is 0 Å². The molecule has 0 saturated carbocycles. The average Bonchev–Trinajstić information content (AvgIpc) is 3.47. The molecule has 2 saturated heterocycles. The summed E-state index contributed by atoms with van der Waals surface area (Å²) in [6.45, 7) is 0.991. The van der Waals surface area contributed by atoms with Crippen LogP contribution in [-0.2, 0) is 32.8 Å². The van der Waals surface area contributed by atoms with Gasteiger partial charge in [-0.25, -0.2) is 4.98 Å². The van der Waals surface area contributed by atoms with Crippen LogP contribution in [-0.4, -0.2) is 81.8 Å². The van der Waals surface area contributed by atoms with Gasteiger partial charge in [0.25, 0.3) is 17.4 Å². The van der Waals surface area contributed by atoms with Gasteiger partial charge >= 0.3 is 0 Å². The Morgan fingerprint density at radius 1 is 1.02 bits per heavy atom. The molecule has 0 bridgehead atoms. The quantitative estimate of drug-likeness (QED) is 0.184. The number of pyridine rings is 1. The molecule has 2 fully saturated rings. The Morgan fingerprint density at radius 2 is 1.79 bits per heavy atom. The van der Waals surface area contributed by atoms with E-state index in [9.17, 15) is 28.8 Å². The van der Waals surface area contributed by atoms with Crippen LogP contribution in [0.25, 0.3) is 10.9 Å². The van der Waals surface area contributed by atoms with Crippen LogP contribution in [0.2, 0.25) is 5.02 Å². The standard InChI is InChI=1S/C36H36ClN9O7/c1-38-30(48)18-53-28-15-20-13-22(4-6-26(20)44(2)35(28)52)40-31-25(37)16-39-36(43-31)45-11-9-19(10-12-45)32(49)41-23-3-5-24-21(14-23)17-46(34(24)51)27-7-8-29(47)42-33(27)50/h3-6,13-16,19,27H,7-12,17-18H2,1-2H3,(H,38,48)(H,41,49)(H,39,40,43)(H,42,47,50). The van der Waals surface area contributed by atoms with E-state index in [0.717, 1.165) is 0 Å². The van der Waals surface area contributed by atoms with Gasteiger partial charge in [-0.2, -0.15) is 4.98 Å². The number of hydrogen-bond donors (Lipinski definition) is 4. The Hall–Kier alpha value is -6.03. The van der Waals surface area contributed by atoms with E-state index in [2.05, 4.69) is 31.2 Å². The van der Waals surface area contributed by atoms with Crippen molar-refractivity contribution in [2.75, 3.05) is 42.3 Å². The lowest BCUT2D eigenvalue weighted by atomic mass is 9.96. The van der Waals surface area contributed by atoms with Gasteiger partial charge in [-0.05, 0) is 67.3 Å². The maximum atomic E-state index is 13.3. The Bertz CT molecular complexity index is 2230. The van der Waals surface area contributed by atoms with Crippen LogP contribution < -0.4 is 36.5 Å². The zero-order valence-corrected chi connectivity index (χ0v) is 29.7. The Labute approximate surface area is 307 Å². The summed E-state index contributed by atoms with van der Waals surface area (Å²) in [5, 5.41) is 12.0. The molecular formula is C36H36ClN9O7. The number of nitrogens with one attached hydrogen (secondary N) is 4. The van der Waals surface area contributed by atoms with Crippen LogP contribution in [0.1, 0.15) is 41.6 Å². The lowest BCUT2D eigenvalue weighted by Gasteiger charge is -2.31. The smallest absolute Gasteiger partial charge is 0.293 e. The number of ether oxygens (including phenoxy) is 1. The van der Waals surface area contributed by atoms with Crippen LogP contribution in [0.15, 0.2) is 53.5 Å². The second kappa shape index (κ2) is 14.5. The molecule has 16 nitrogen and oxygen atoms in total. The third-order valence-electron chi connectivity index (χ3n) is 9.76. The summed E-state index contributed by atoms with van der Waals surface area (Å²) in [6, 6.07) is 11.4. The van der Waals surface area contributed by atoms with Crippen LogP contribution in [0.5, 0.6) is 5.75 Å². The van der Waals surface area contributed by atoms with Gasteiger partial charge in [0.1, 0.15) is 11.1 Å². The summed E-state index contributed by atoms with van der Waals surface area (Å²) in [5.41, 5.74) is 2.69. The third-order valence-corrected chi connectivity index (χ3v) is 10.0. The number of amides is 5. The number of piperidine rings is 2. The zero-order valence-electron chi connectivity index (χ0n) is 28.9. The summed E-state index contributed by atoms with van der Waals surface area (Å²) < 4.78 is 6.92. The molecule has 1 atom stereocenters. The van der Waals surface area contributed by atoms with Gasteiger partial charge in [-0.1, -0.05) is 11.6 Å². The lowest BCUT2D eigenvalue weighted by molar-refractivity contribution is -0.137. The molecule has 2 aromatic heterocycles. The number of anilines is 4. The van der Waals surface area contributed by atoms with Crippen molar-refractivity contribution in [1.29, 1.82) is 0 Å². The van der Waals surface area contributed by atoms with Crippen molar-refractivity contribution in [3.8, 4) is 5.75 Å². The Morgan fingerprint density at radius 3 is 2.55 bits per heavy atom. The maximum Gasteiger partial charge on any atom is 0.293 e. The fourth-order valence-corrected chi connectivity index (χ4v) is 6.96. The highest BCUT2D eigenvalue weighted by Crippen LogP contribution is 2.32. The number of fused-ring (bicyclic) bond motifs is 2. The van der Waals surface area contributed by atoms with E-state index in [4.69, 9.17) is 16.3 Å². The second-order valence-corrected chi connectivity index (χ2v) is 13.5. The number of aromatic nitrogens is 3. The van der Waals surface area contributed by atoms with Crippen molar-refractivity contribution >= 4 is 75.2 Å². The van der Waals surface area contributed by atoms with E-state index >= 15 is 0 Å². The first-order chi connectivity index (χ1) is 25.5. The summed E-state index contributed by atoms with van der Waals surface area (Å²) in [7, 11) is 3.11. The van der Waals surface area contributed by atoms with Gasteiger partial charge < -0.3 is 35.1 Å². The number of carbonyl (C=O) groups excluding carboxylic acids is 5. The normalized spacial score (nSPS) is 17.4. The molecular weight excluding hydrogens is 706 g/mol. The van der Waals surface area contributed by atoms with Gasteiger partial charge in [0.15, 0.2) is 18.2 Å². The predicted molar refractivity (Wildman–Crippen MR) is 195 cm³/mol. The van der Waals surface area contributed by atoms with E-state index in [1.54, 1.807) is 43.4 Å². The monoisotopic (exact) mass is 741 g/mol. The molecule has 4 aromatic rings. The van der Waals surface area contributed by atoms with Gasteiger partial charge in [-0.15, -0.1) is 0 Å². The molecule has 3 aliphatic rings. The molecule has 2 aromatic carbocycles. The molecule has 4 N–H and O–H groups in total. The minimum absolute atomic E-state index is 0.0438. The molecule has 274 valence electrons. The summed E-state index contributed by atoms with van der Waals surface area (Å²) >= 11 is 6.49. The first kappa shape index (κ1) is 35.4. The number of nitrogens with zero attached hydrogens (tertiary/aromatic N) is 5. The predicted octanol–water partition coefficient (Wildman–Crippen LogP) is 2.47. The van der Waals surface area contributed by atoms with Gasteiger partial charge in [0.2, 0.25) is 23.7 Å². The van der Waals surface area contributed by atoms with Crippen molar-refractivity contribution < 1.29 is 28.7 Å². The minimum Gasteiger partial charge on any atom is -0.478 e. The highest BCUT2D eigenvalue weighted by molar-refractivity contribution is 6.33. The first-order valence-corrected chi connectivity index (χ1v) is 17.5. The van der Waals surface area contributed by atoms with Crippen LogP contribution in [0, 0.1) is 5.92 Å². The van der Waals surface area contributed by atoms with Gasteiger partial charge in [0, 0.05) is 68.4 Å². The molecule has 53 heavy (non-hydrogen) atoms. The van der Waals surface area contributed by atoms with Crippen molar-refractivity contribution in [2.24, 2.45) is 13.0 Å². The number of aryl methyl sites for hydroxylation is 1. The molecule has 0 radical (unpaired) electrons. The lowest BCUT2D eigenvalue weighted by Crippen LogP contribution is -2.52. The van der Waals surface area contributed by atoms with Crippen LogP contribution >= 0.6 is 11.6 Å². The molecule has 7 rings (SSSR count). The van der Waals surface area contributed by atoms with E-state index in [0.29, 0.717) is 76.1 Å². The van der Waals surface area contributed by atoms with E-state index in [1.165, 1.54) is 22.7 Å². The van der Waals surface area contributed by atoms with Crippen molar-refractivity contribution in [3.05, 3.63) is 75.2 Å². The number of halogens is 1. The molecule has 5 heterocycles. The zero-order chi connectivity index (χ0) is 37.4. The van der Waals surface area contributed by atoms with Crippen molar-refractivity contribution in [3.63, 3.8) is 0 Å². The molecule has 0 aliphatic carbocycles. The van der Waals surface area contributed by atoms with E-state index in [1.807, 2.05) is 11.0 Å². The number of likely N-dealkylation sites (N-methyl/N-ethyl adjacent to an activating group) is 1. The highest BCUT2D eigenvalue weighted by atomic mass is 35.5. The average molecular weight is 742 g/mol. The molecule has 1 unspecified atom stereocenters. The summed E-state index contributed by atoms with van der Waals surface area (Å²) in [5.74, 6) is -0.963.